The van der Waals surface area contributed by atoms with Crippen LogP contribution in [-0.2, 0) is 17.6 Å². The first-order valence-corrected chi connectivity index (χ1v) is 8.28. The Morgan fingerprint density at radius 3 is 2.57 bits per heavy atom. The number of hydrogen-bond donors (Lipinski definition) is 1. The Labute approximate surface area is 128 Å². The van der Waals surface area contributed by atoms with Crippen molar-refractivity contribution in [2.45, 2.75) is 52.0 Å². The van der Waals surface area contributed by atoms with E-state index < -0.39 is 0 Å². The Kier molecular flexibility index (Phi) is 5.80. The molecular formula is C18H28N2O. The lowest BCUT2D eigenvalue weighted by Gasteiger charge is -2.35. The smallest absolute Gasteiger partial charge is 0.226 e. The van der Waals surface area contributed by atoms with Crippen LogP contribution in [0.15, 0.2) is 24.3 Å². The largest absolute Gasteiger partial charge is 0.338 e. The number of aryl methyl sites for hydroxylation is 1. The molecule has 116 valence electrons. The van der Waals surface area contributed by atoms with Gasteiger partial charge in [0, 0.05) is 25.0 Å². The lowest BCUT2D eigenvalue weighted by atomic mass is 9.83. The average molecular weight is 288 g/mol. The van der Waals surface area contributed by atoms with Gasteiger partial charge in [-0.1, -0.05) is 38.1 Å². The minimum atomic E-state index is 0.132. The number of carbonyl (C=O) groups excluding carboxylic acids is 1. The number of benzene rings is 1. The maximum Gasteiger partial charge on any atom is 0.226 e. The number of hydrogen-bond acceptors (Lipinski definition) is 2. The zero-order valence-electron chi connectivity index (χ0n) is 13.3. The second-order valence-corrected chi connectivity index (χ2v) is 6.00. The van der Waals surface area contributed by atoms with Crippen LogP contribution < -0.4 is 5.73 Å². The summed E-state index contributed by atoms with van der Waals surface area (Å²) in [5, 5.41) is 0. The van der Waals surface area contributed by atoms with Crippen molar-refractivity contribution in [1.29, 1.82) is 0 Å². The Morgan fingerprint density at radius 2 is 1.95 bits per heavy atom. The topological polar surface area (TPSA) is 46.3 Å². The summed E-state index contributed by atoms with van der Waals surface area (Å²) in [4.78, 5) is 15.0. The minimum absolute atomic E-state index is 0.132. The first-order chi connectivity index (χ1) is 10.2. The Morgan fingerprint density at radius 1 is 1.29 bits per heavy atom. The van der Waals surface area contributed by atoms with Gasteiger partial charge in [-0.25, -0.2) is 0 Å². The standard InChI is InChI=1S/C18H28N2O/c1-3-17(4-2)20(12-11-19)18(21)16-10-9-14-7-5-6-8-15(14)13-16/h5-8,16-17H,3-4,9-13,19H2,1-2H3. The molecule has 1 unspecified atom stereocenters. The van der Waals surface area contributed by atoms with E-state index in [9.17, 15) is 4.79 Å². The van der Waals surface area contributed by atoms with Crippen molar-refractivity contribution in [2.75, 3.05) is 13.1 Å². The Hall–Kier alpha value is -1.35. The third kappa shape index (κ3) is 3.65. The van der Waals surface area contributed by atoms with E-state index in [0.29, 0.717) is 25.0 Å². The molecule has 0 spiro atoms. The van der Waals surface area contributed by atoms with Gasteiger partial charge in [-0.3, -0.25) is 4.79 Å². The predicted octanol–water partition coefficient (Wildman–Crippen LogP) is 2.77. The van der Waals surface area contributed by atoms with Crippen molar-refractivity contribution in [2.24, 2.45) is 11.7 Å². The van der Waals surface area contributed by atoms with E-state index in [1.165, 1.54) is 11.1 Å². The fraction of sp³-hybridized carbons (Fsp3) is 0.611. The van der Waals surface area contributed by atoms with Gasteiger partial charge >= 0.3 is 0 Å². The van der Waals surface area contributed by atoms with Crippen LogP contribution in [0.1, 0.15) is 44.2 Å². The zero-order chi connectivity index (χ0) is 15.2. The maximum absolute atomic E-state index is 12.9. The number of fused-ring (bicyclic) bond motifs is 1. The number of nitrogens with zero attached hydrogens (tertiary/aromatic N) is 1. The van der Waals surface area contributed by atoms with E-state index in [1.54, 1.807) is 0 Å². The summed E-state index contributed by atoms with van der Waals surface area (Å²) in [6.45, 7) is 5.54. The monoisotopic (exact) mass is 288 g/mol. The van der Waals surface area contributed by atoms with Gasteiger partial charge in [-0.2, -0.15) is 0 Å². The minimum Gasteiger partial charge on any atom is -0.338 e. The molecule has 1 aliphatic rings. The van der Waals surface area contributed by atoms with Gasteiger partial charge < -0.3 is 10.6 Å². The molecule has 0 fully saturated rings. The molecule has 1 amide bonds. The normalized spacial score (nSPS) is 17.6. The molecule has 2 rings (SSSR count). The van der Waals surface area contributed by atoms with Crippen LogP contribution in [0.3, 0.4) is 0 Å². The third-order valence-electron chi connectivity index (χ3n) is 4.73. The van der Waals surface area contributed by atoms with Crippen LogP contribution in [-0.4, -0.2) is 29.9 Å². The van der Waals surface area contributed by atoms with Crippen molar-refractivity contribution >= 4 is 5.91 Å². The molecule has 3 heteroatoms. The molecule has 0 aromatic heterocycles. The summed E-state index contributed by atoms with van der Waals surface area (Å²) in [7, 11) is 0. The highest BCUT2D eigenvalue weighted by Gasteiger charge is 2.30. The van der Waals surface area contributed by atoms with Crippen LogP contribution in [0.25, 0.3) is 0 Å². The number of rotatable bonds is 6. The molecule has 2 N–H and O–H groups in total. The lowest BCUT2D eigenvalue weighted by molar-refractivity contribution is -0.138. The molecule has 0 saturated carbocycles. The summed E-state index contributed by atoms with van der Waals surface area (Å²) in [6.07, 6.45) is 4.89. The van der Waals surface area contributed by atoms with Crippen molar-refractivity contribution in [1.82, 2.24) is 4.90 Å². The van der Waals surface area contributed by atoms with E-state index in [2.05, 4.69) is 38.1 Å². The second-order valence-electron chi connectivity index (χ2n) is 6.00. The molecule has 0 heterocycles. The summed E-state index contributed by atoms with van der Waals surface area (Å²) < 4.78 is 0. The SMILES string of the molecule is CCC(CC)N(CCN)C(=O)C1CCc2ccccc2C1. The highest BCUT2D eigenvalue weighted by atomic mass is 16.2. The fourth-order valence-corrected chi connectivity index (χ4v) is 3.48. The molecule has 0 radical (unpaired) electrons. The number of nitrogens with two attached hydrogens (primary N) is 1. The van der Waals surface area contributed by atoms with Gasteiger partial charge in [0.05, 0.1) is 0 Å². The van der Waals surface area contributed by atoms with Crippen molar-refractivity contribution in [3.05, 3.63) is 35.4 Å². The summed E-state index contributed by atoms with van der Waals surface area (Å²) in [5.74, 6) is 0.440. The Balaban J connectivity index is 2.11. The summed E-state index contributed by atoms with van der Waals surface area (Å²) in [6, 6.07) is 8.85. The molecule has 0 bridgehead atoms. The second kappa shape index (κ2) is 7.60. The molecule has 21 heavy (non-hydrogen) atoms. The molecule has 0 saturated heterocycles. The van der Waals surface area contributed by atoms with Crippen LogP contribution >= 0.6 is 0 Å². The average Bonchev–Trinajstić information content (AvgIpc) is 2.54. The van der Waals surface area contributed by atoms with Gasteiger partial charge in [-0.15, -0.1) is 0 Å². The van der Waals surface area contributed by atoms with Crippen molar-refractivity contribution in [3.8, 4) is 0 Å². The molecule has 3 nitrogen and oxygen atoms in total. The van der Waals surface area contributed by atoms with Gasteiger partial charge in [-0.05, 0) is 43.2 Å². The molecule has 1 atom stereocenters. The van der Waals surface area contributed by atoms with Gasteiger partial charge in [0.2, 0.25) is 5.91 Å². The first-order valence-electron chi connectivity index (χ1n) is 8.28. The van der Waals surface area contributed by atoms with Gasteiger partial charge in [0.25, 0.3) is 0 Å². The van der Waals surface area contributed by atoms with E-state index >= 15 is 0 Å². The molecule has 1 aromatic rings. The lowest BCUT2D eigenvalue weighted by Crippen LogP contribution is -2.46. The summed E-state index contributed by atoms with van der Waals surface area (Å²) in [5.41, 5.74) is 8.48. The van der Waals surface area contributed by atoms with E-state index in [0.717, 1.165) is 32.1 Å². The van der Waals surface area contributed by atoms with Crippen LogP contribution in [0.4, 0.5) is 0 Å². The fourth-order valence-electron chi connectivity index (χ4n) is 3.48. The molecule has 1 aromatic carbocycles. The molecule has 1 aliphatic carbocycles. The van der Waals surface area contributed by atoms with E-state index in [1.807, 2.05) is 4.90 Å². The zero-order valence-corrected chi connectivity index (χ0v) is 13.3. The quantitative estimate of drug-likeness (QED) is 0.875. The van der Waals surface area contributed by atoms with Crippen LogP contribution in [0.2, 0.25) is 0 Å². The highest BCUT2D eigenvalue weighted by molar-refractivity contribution is 5.80. The molecule has 0 aliphatic heterocycles. The summed E-state index contributed by atoms with van der Waals surface area (Å²) >= 11 is 0. The van der Waals surface area contributed by atoms with E-state index in [4.69, 9.17) is 5.73 Å². The highest BCUT2D eigenvalue weighted by Crippen LogP contribution is 2.27. The number of carbonyl (C=O) groups is 1. The van der Waals surface area contributed by atoms with Crippen molar-refractivity contribution < 1.29 is 4.79 Å². The molecular weight excluding hydrogens is 260 g/mol. The number of amides is 1. The third-order valence-corrected chi connectivity index (χ3v) is 4.73. The first kappa shape index (κ1) is 16.0. The van der Waals surface area contributed by atoms with Crippen LogP contribution in [0, 0.1) is 5.92 Å². The van der Waals surface area contributed by atoms with Crippen LogP contribution in [0.5, 0.6) is 0 Å². The Bertz CT molecular complexity index is 468. The predicted molar refractivity (Wildman–Crippen MR) is 87.1 cm³/mol. The van der Waals surface area contributed by atoms with Crippen molar-refractivity contribution in [3.63, 3.8) is 0 Å². The van der Waals surface area contributed by atoms with E-state index in [-0.39, 0.29) is 5.92 Å². The van der Waals surface area contributed by atoms with Gasteiger partial charge in [0.15, 0.2) is 0 Å². The maximum atomic E-state index is 12.9. The van der Waals surface area contributed by atoms with Gasteiger partial charge in [0.1, 0.15) is 0 Å².